The summed E-state index contributed by atoms with van der Waals surface area (Å²) in [5.74, 6) is 0.740. The number of hydrogen-bond acceptors (Lipinski definition) is 4. The van der Waals surface area contributed by atoms with E-state index in [1.807, 2.05) is 12.1 Å². The summed E-state index contributed by atoms with van der Waals surface area (Å²) < 4.78 is 0. The Morgan fingerprint density at radius 1 is 1.16 bits per heavy atom. The van der Waals surface area contributed by atoms with Crippen LogP contribution >= 0.6 is 0 Å². The third-order valence-corrected chi connectivity index (χ3v) is 4.02. The second kappa shape index (κ2) is 6.66. The summed E-state index contributed by atoms with van der Waals surface area (Å²) in [7, 11) is 0. The van der Waals surface area contributed by atoms with Crippen LogP contribution < -0.4 is 16.8 Å². The van der Waals surface area contributed by atoms with Crippen LogP contribution in [0.3, 0.4) is 0 Å². The highest BCUT2D eigenvalue weighted by molar-refractivity contribution is 5.69. The first-order chi connectivity index (χ1) is 9.19. The fourth-order valence-electron chi connectivity index (χ4n) is 2.90. The molecule has 1 atom stereocenters. The molecule has 106 valence electrons. The molecular weight excluding hydrogens is 238 g/mol. The second-order valence-corrected chi connectivity index (χ2v) is 5.61. The van der Waals surface area contributed by atoms with Crippen molar-refractivity contribution in [2.45, 2.75) is 44.6 Å². The molecule has 0 bridgehead atoms. The Bertz CT molecular complexity index is 402. The van der Waals surface area contributed by atoms with E-state index in [-0.39, 0.29) is 12.6 Å². The molecule has 2 rings (SSSR count). The van der Waals surface area contributed by atoms with Crippen LogP contribution in [-0.4, -0.2) is 17.8 Å². The summed E-state index contributed by atoms with van der Waals surface area (Å²) >= 11 is 0. The molecule has 6 N–H and O–H groups in total. The lowest BCUT2D eigenvalue weighted by molar-refractivity contribution is 0.237. The number of hydrogen-bond donors (Lipinski definition) is 4. The summed E-state index contributed by atoms with van der Waals surface area (Å²) in [5, 5.41) is 12.9. The number of anilines is 3. The summed E-state index contributed by atoms with van der Waals surface area (Å²) in [5.41, 5.74) is 13.6. The van der Waals surface area contributed by atoms with E-state index in [4.69, 9.17) is 11.5 Å². The zero-order valence-corrected chi connectivity index (χ0v) is 11.4. The van der Waals surface area contributed by atoms with Crippen molar-refractivity contribution in [2.75, 3.05) is 23.4 Å². The Labute approximate surface area is 115 Å². The fourth-order valence-corrected chi connectivity index (χ4v) is 2.90. The minimum absolute atomic E-state index is 0.103. The van der Waals surface area contributed by atoms with Crippen molar-refractivity contribution < 1.29 is 5.11 Å². The van der Waals surface area contributed by atoms with Gasteiger partial charge in [0, 0.05) is 11.7 Å². The molecular formula is C15H25N3O. The number of aliphatic hydroxyl groups is 1. The molecule has 0 saturated heterocycles. The number of rotatable bonds is 5. The van der Waals surface area contributed by atoms with Gasteiger partial charge in [0.2, 0.25) is 0 Å². The smallest absolute Gasteiger partial charge is 0.0632 e. The molecule has 0 aromatic heterocycles. The van der Waals surface area contributed by atoms with Gasteiger partial charge in [0.25, 0.3) is 0 Å². The molecule has 1 aliphatic carbocycles. The average molecular weight is 263 g/mol. The molecule has 1 saturated carbocycles. The molecule has 0 aliphatic heterocycles. The third-order valence-electron chi connectivity index (χ3n) is 4.02. The molecule has 1 aromatic rings. The van der Waals surface area contributed by atoms with Gasteiger partial charge in [0.15, 0.2) is 0 Å². The van der Waals surface area contributed by atoms with Crippen LogP contribution in [0.25, 0.3) is 0 Å². The molecule has 4 nitrogen and oxygen atoms in total. The lowest BCUT2D eigenvalue weighted by Gasteiger charge is -2.26. The van der Waals surface area contributed by atoms with Gasteiger partial charge in [-0.2, -0.15) is 0 Å². The van der Waals surface area contributed by atoms with Crippen molar-refractivity contribution in [3.05, 3.63) is 18.2 Å². The van der Waals surface area contributed by atoms with Crippen LogP contribution in [0, 0.1) is 5.92 Å². The van der Waals surface area contributed by atoms with Gasteiger partial charge in [-0.25, -0.2) is 0 Å². The quantitative estimate of drug-likeness (QED) is 0.615. The molecule has 4 heteroatoms. The van der Waals surface area contributed by atoms with Crippen molar-refractivity contribution in [1.29, 1.82) is 0 Å². The van der Waals surface area contributed by atoms with Gasteiger partial charge in [-0.15, -0.1) is 0 Å². The second-order valence-electron chi connectivity index (χ2n) is 5.61. The number of benzene rings is 1. The first kappa shape index (κ1) is 14.0. The minimum atomic E-state index is 0.103. The van der Waals surface area contributed by atoms with Gasteiger partial charge in [-0.1, -0.05) is 32.1 Å². The van der Waals surface area contributed by atoms with Crippen LogP contribution in [0.1, 0.15) is 38.5 Å². The van der Waals surface area contributed by atoms with Gasteiger partial charge in [-0.3, -0.25) is 0 Å². The standard InChI is InChI=1S/C15H25N3O/c16-14-7-6-12(9-15(14)17)18-13(10-19)8-11-4-2-1-3-5-11/h6-7,9,11,13,18-19H,1-5,8,10,16-17H2. The summed E-state index contributed by atoms with van der Waals surface area (Å²) in [6, 6.07) is 5.65. The first-order valence-electron chi connectivity index (χ1n) is 7.21. The molecule has 1 fully saturated rings. The lowest BCUT2D eigenvalue weighted by Crippen LogP contribution is -2.27. The van der Waals surface area contributed by atoms with E-state index < -0.39 is 0 Å². The summed E-state index contributed by atoms with van der Waals surface area (Å²) in [6.45, 7) is 0.154. The lowest BCUT2D eigenvalue weighted by atomic mass is 9.85. The molecule has 1 aliphatic rings. The predicted octanol–water partition coefficient (Wildman–Crippen LogP) is 2.59. The molecule has 0 heterocycles. The number of nitrogens with one attached hydrogen (secondary N) is 1. The Morgan fingerprint density at radius 3 is 2.53 bits per heavy atom. The highest BCUT2D eigenvalue weighted by Crippen LogP contribution is 2.28. The molecule has 19 heavy (non-hydrogen) atoms. The minimum Gasteiger partial charge on any atom is -0.397 e. The maximum atomic E-state index is 9.52. The fraction of sp³-hybridized carbons (Fsp3) is 0.600. The number of nitrogen functional groups attached to an aromatic ring is 2. The maximum absolute atomic E-state index is 9.52. The normalized spacial score (nSPS) is 18.2. The zero-order valence-electron chi connectivity index (χ0n) is 11.4. The third kappa shape index (κ3) is 4.03. The van der Waals surface area contributed by atoms with Crippen molar-refractivity contribution in [1.82, 2.24) is 0 Å². The van der Waals surface area contributed by atoms with E-state index >= 15 is 0 Å². The Morgan fingerprint density at radius 2 is 1.89 bits per heavy atom. The van der Waals surface area contributed by atoms with E-state index in [1.165, 1.54) is 32.1 Å². The topological polar surface area (TPSA) is 84.3 Å². The van der Waals surface area contributed by atoms with E-state index in [1.54, 1.807) is 6.07 Å². The van der Waals surface area contributed by atoms with Gasteiger partial charge in [-0.05, 0) is 30.5 Å². The Balaban J connectivity index is 1.92. The van der Waals surface area contributed by atoms with Crippen molar-refractivity contribution >= 4 is 17.1 Å². The van der Waals surface area contributed by atoms with Crippen LogP contribution in [0.15, 0.2) is 18.2 Å². The largest absolute Gasteiger partial charge is 0.397 e. The molecule has 0 amide bonds. The van der Waals surface area contributed by atoms with Gasteiger partial charge < -0.3 is 21.9 Å². The molecule has 1 aromatic carbocycles. The van der Waals surface area contributed by atoms with Crippen molar-refractivity contribution in [2.24, 2.45) is 5.92 Å². The summed E-state index contributed by atoms with van der Waals surface area (Å²) in [6.07, 6.45) is 7.64. The monoisotopic (exact) mass is 263 g/mol. The zero-order chi connectivity index (χ0) is 13.7. The van der Waals surface area contributed by atoms with Crippen LogP contribution in [0.2, 0.25) is 0 Å². The highest BCUT2D eigenvalue weighted by atomic mass is 16.3. The van der Waals surface area contributed by atoms with Crippen molar-refractivity contribution in [3.63, 3.8) is 0 Å². The van der Waals surface area contributed by atoms with Gasteiger partial charge in [0.05, 0.1) is 18.0 Å². The SMILES string of the molecule is Nc1ccc(NC(CO)CC2CCCCC2)cc1N. The van der Waals surface area contributed by atoms with Crippen LogP contribution in [0.4, 0.5) is 17.1 Å². The Hall–Kier alpha value is -1.42. The van der Waals surface area contributed by atoms with Crippen LogP contribution in [0.5, 0.6) is 0 Å². The predicted molar refractivity (Wildman–Crippen MR) is 81.0 cm³/mol. The Kier molecular flexibility index (Phi) is 4.91. The van der Waals surface area contributed by atoms with E-state index in [2.05, 4.69) is 5.32 Å². The summed E-state index contributed by atoms with van der Waals surface area (Å²) in [4.78, 5) is 0. The van der Waals surface area contributed by atoms with E-state index in [0.29, 0.717) is 11.4 Å². The first-order valence-corrected chi connectivity index (χ1v) is 7.21. The molecule has 0 radical (unpaired) electrons. The van der Waals surface area contributed by atoms with Gasteiger partial charge in [0.1, 0.15) is 0 Å². The number of nitrogens with two attached hydrogens (primary N) is 2. The van der Waals surface area contributed by atoms with Crippen LogP contribution in [-0.2, 0) is 0 Å². The van der Waals surface area contributed by atoms with E-state index in [0.717, 1.165) is 18.0 Å². The highest BCUT2D eigenvalue weighted by Gasteiger charge is 2.18. The van der Waals surface area contributed by atoms with E-state index in [9.17, 15) is 5.11 Å². The molecule has 1 unspecified atom stereocenters. The van der Waals surface area contributed by atoms with Gasteiger partial charge >= 0.3 is 0 Å². The maximum Gasteiger partial charge on any atom is 0.0632 e. The molecule has 0 spiro atoms. The number of aliphatic hydroxyl groups excluding tert-OH is 1. The average Bonchev–Trinajstić information content (AvgIpc) is 2.43. The van der Waals surface area contributed by atoms with Crippen molar-refractivity contribution in [3.8, 4) is 0 Å².